The molecule has 5 rings (SSSR count). The summed E-state index contributed by atoms with van der Waals surface area (Å²) in [5, 5.41) is 5.32. The summed E-state index contributed by atoms with van der Waals surface area (Å²) in [7, 11) is 3.54. The molecule has 0 unspecified atom stereocenters. The molecular formula is C22H26N8O2. The van der Waals surface area contributed by atoms with Gasteiger partial charge in [-0.25, -0.2) is 4.98 Å². The Hall–Kier alpha value is -3.69. The van der Waals surface area contributed by atoms with Gasteiger partial charge in [-0.15, -0.1) is 0 Å². The number of nitrogens with zero attached hydrogens (tertiary/aromatic N) is 8. The summed E-state index contributed by atoms with van der Waals surface area (Å²) in [6.07, 6.45) is 3.19. The molecule has 10 heteroatoms. The van der Waals surface area contributed by atoms with Crippen molar-refractivity contribution < 1.29 is 0 Å². The first-order valence-electron chi connectivity index (χ1n) is 10.7. The van der Waals surface area contributed by atoms with Gasteiger partial charge in [0.15, 0.2) is 5.65 Å². The number of hydrogen-bond acceptors (Lipinski definition) is 7. The summed E-state index contributed by atoms with van der Waals surface area (Å²) in [4.78, 5) is 39.0. The lowest BCUT2D eigenvalue weighted by molar-refractivity contribution is 0.573. The van der Waals surface area contributed by atoms with Gasteiger partial charge in [0.1, 0.15) is 5.39 Å². The van der Waals surface area contributed by atoms with Crippen LogP contribution in [0.5, 0.6) is 0 Å². The lowest BCUT2D eigenvalue weighted by atomic mass is 10.2. The molecule has 0 bridgehead atoms. The second-order valence-corrected chi connectivity index (χ2v) is 8.51. The van der Waals surface area contributed by atoms with Crippen LogP contribution < -0.4 is 20.9 Å². The summed E-state index contributed by atoms with van der Waals surface area (Å²) in [6.45, 7) is 6.94. The first kappa shape index (κ1) is 20.2. The number of hydrogen-bond donors (Lipinski definition) is 0. The molecule has 0 saturated carbocycles. The molecule has 1 aliphatic rings. The Morgan fingerprint density at radius 3 is 2.38 bits per heavy atom. The summed E-state index contributed by atoms with van der Waals surface area (Å²) in [6, 6.07) is 5.91. The molecule has 1 aromatic carbocycles. The first-order chi connectivity index (χ1) is 15.3. The van der Waals surface area contributed by atoms with Crippen LogP contribution in [0.3, 0.4) is 0 Å². The van der Waals surface area contributed by atoms with E-state index in [1.165, 1.54) is 0 Å². The highest BCUT2D eigenvalue weighted by Crippen LogP contribution is 2.22. The largest absolute Gasteiger partial charge is 0.368 e. The second kappa shape index (κ2) is 7.47. The molecule has 4 heterocycles. The quantitative estimate of drug-likeness (QED) is 0.479. The van der Waals surface area contributed by atoms with Crippen LogP contribution in [0.15, 0.2) is 40.3 Å². The van der Waals surface area contributed by atoms with Crippen LogP contribution >= 0.6 is 0 Å². The van der Waals surface area contributed by atoms with Gasteiger partial charge in [0.25, 0.3) is 11.1 Å². The standard InChI is InChI=1S/C22H26N8O2/c1-14(2)30-13-23-18-11-15(5-6-16(18)21(30)32)28-7-9-29(10-8-28)22-25-19-17(12-24-27(19)4)20(31)26(22)3/h5-6,11-14H,7-10H2,1-4H3. The average molecular weight is 435 g/mol. The van der Waals surface area contributed by atoms with E-state index < -0.39 is 0 Å². The zero-order chi connectivity index (χ0) is 22.6. The van der Waals surface area contributed by atoms with Crippen molar-refractivity contribution in [1.29, 1.82) is 0 Å². The summed E-state index contributed by atoms with van der Waals surface area (Å²) in [5.74, 6) is 0.653. The van der Waals surface area contributed by atoms with Crippen molar-refractivity contribution >= 4 is 33.6 Å². The van der Waals surface area contributed by atoms with Crippen molar-refractivity contribution in [2.45, 2.75) is 19.9 Å². The van der Waals surface area contributed by atoms with E-state index in [0.29, 0.717) is 27.9 Å². The van der Waals surface area contributed by atoms with Crippen LogP contribution in [0, 0.1) is 0 Å². The van der Waals surface area contributed by atoms with Crippen molar-refractivity contribution in [3.63, 3.8) is 0 Å². The molecule has 0 aliphatic carbocycles. The summed E-state index contributed by atoms with van der Waals surface area (Å²) in [5.41, 5.74) is 2.23. The van der Waals surface area contributed by atoms with E-state index in [1.54, 1.807) is 40.4 Å². The Kier molecular flexibility index (Phi) is 4.72. The first-order valence-corrected chi connectivity index (χ1v) is 10.7. The van der Waals surface area contributed by atoms with Gasteiger partial charge in [0.2, 0.25) is 5.95 Å². The molecule has 0 radical (unpaired) electrons. The van der Waals surface area contributed by atoms with E-state index in [2.05, 4.69) is 19.9 Å². The van der Waals surface area contributed by atoms with E-state index in [-0.39, 0.29) is 17.2 Å². The van der Waals surface area contributed by atoms with Crippen LogP contribution in [0.2, 0.25) is 0 Å². The number of benzene rings is 1. The fourth-order valence-corrected chi connectivity index (χ4v) is 4.29. The van der Waals surface area contributed by atoms with Crippen LogP contribution in [0.4, 0.5) is 11.6 Å². The molecule has 0 N–H and O–H groups in total. The average Bonchev–Trinajstić information content (AvgIpc) is 3.16. The third kappa shape index (κ3) is 3.14. The zero-order valence-electron chi connectivity index (χ0n) is 18.7. The third-order valence-electron chi connectivity index (χ3n) is 6.20. The number of aromatic nitrogens is 6. The fourth-order valence-electron chi connectivity index (χ4n) is 4.29. The van der Waals surface area contributed by atoms with Crippen molar-refractivity contribution in [3.05, 3.63) is 51.4 Å². The Balaban J connectivity index is 1.40. The minimum Gasteiger partial charge on any atom is -0.368 e. The molecule has 4 aromatic rings. The molecular weight excluding hydrogens is 408 g/mol. The van der Waals surface area contributed by atoms with Gasteiger partial charge >= 0.3 is 0 Å². The van der Waals surface area contributed by atoms with Crippen molar-refractivity contribution in [2.24, 2.45) is 14.1 Å². The maximum absolute atomic E-state index is 12.7. The molecule has 166 valence electrons. The number of fused-ring (bicyclic) bond motifs is 2. The summed E-state index contributed by atoms with van der Waals surface area (Å²) >= 11 is 0. The molecule has 32 heavy (non-hydrogen) atoms. The van der Waals surface area contributed by atoms with Crippen molar-refractivity contribution in [2.75, 3.05) is 36.0 Å². The molecule has 0 amide bonds. The summed E-state index contributed by atoms with van der Waals surface area (Å²) < 4.78 is 4.88. The van der Waals surface area contributed by atoms with E-state index in [9.17, 15) is 9.59 Å². The van der Waals surface area contributed by atoms with E-state index >= 15 is 0 Å². The highest BCUT2D eigenvalue weighted by Gasteiger charge is 2.23. The minimum atomic E-state index is -0.0896. The lowest BCUT2D eigenvalue weighted by Gasteiger charge is -2.37. The topological polar surface area (TPSA) is 94.1 Å². The minimum absolute atomic E-state index is 0.0149. The molecule has 10 nitrogen and oxygen atoms in total. The Morgan fingerprint density at radius 2 is 1.66 bits per heavy atom. The highest BCUT2D eigenvalue weighted by atomic mass is 16.1. The van der Waals surface area contributed by atoms with Gasteiger partial charge in [-0.05, 0) is 32.0 Å². The van der Waals surface area contributed by atoms with Gasteiger partial charge < -0.3 is 9.80 Å². The highest BCUT2D eigenvalue weighted by molar-refractivity contribution is 5.81. The van der Waals surface area contributed by atoms with Gasteiger partial charge in [-0.3, -0.25) is 23.4 Å². The predicted octanol–water partition coefficient (Wildman–Crippen LogP) is 1.28. The van der Waals surface area contributed by atoms with Crippen molar-refractivity contribution in [3.8, 4) is 0 Å². The normalized spacial score (nSPS) is 14.8. The zero-order valence-corrected chi connectivity index (χ0v) is 18.7. The van der Waals surface area contributed by atoms with Crippen LogP contribution in [-0.2, 0) is 14.1 Å². The van der Waals surface area contributed by atoms with Crippen molar-refractivity contribution in [1.82, 2.24) is 28.9 Å². The molecule has 3 aromatic heterocycles. The number of aryl methyl sites for hydroxylation is 1. The third-order valence-corrected chi connectivity index (χ3v) is 6.20. The van der Waals surface area contributed by atoms with E-state index in [1.807, 2.05) is 32.0 Å². The van der Waals surface area contributed by atoms with Gasteiger partial charge in [-0.2, -0.15) is 10.1 Å². The maximum atomic E-state index is 12.7. The second-order valence-electron chi connectivity index (χ2n) is 8.51. The van der Waals surface area contributed by atoms with Gasteiger partial charge in [0.05, 0.1) is 23.4 Å². The number of piperazine rings is 1. The number of rotatable bonds is 3. The molecule has 0 spiro atoms. The fraction of sp³-hybridized carbons (Fsp3) is 0.409. The van der Waals surface area contributed by atoms with E-state index in [0.717, 1.165) is 31.9 Å². The Morgan fingerprint density at radius 1 is 0.938 bits per heavy atom. The maximum Gasteiger partial charge on any atom is 0.265 e. The Bertz CT molecular complexity index is 1440. The number of anilines is 2. The van der Waals surface area contributed by atoms with Gasteiger partial charge in [0, 0.05) is 52.0 Å². The Labute approximate surface area is 184 Å². The molecule has 1 aliphatic heterocycles. The smallest absolute Gasteiger partial charge is 0.265 e. The van der Waals surface area contributed by atoms with Crippen LogP contribution in [-0.4, -0.2) is 55.1 Å². The van der Waals surface area contributed by atoms with Crippen LogP contribution in [0.25, 0.3) is 21.9 Å². The molecule has 1 saturated heterocycles. The lowest BCUT2D eigenvalue weighted by Crippen LogP contribution is -2.48. The predicted molar refractivity (Wildman–Crippen MR) is 125 cm³/mol. The molecule has 0 atom stereocenters. The monoisotopic (exact) mass is 434 g/mol. The SMILES string of the molecule is CC(C)n1cnc2cc(N3CCN(c4nc5c(cnn5C)c(=O)n4C)CC3)ccc2c1=O. The van der Waals surface area contributed by atoms with Crippen LogP contribution in [0.1, 0.15) is 19.9 Å². The van der Waals surface area contributed by atoms with E-state index in [4.69, 9.17) is 4.98 Å². The van der Waals surface area contributed by atoms with Gasteiger partial charge in [-0.1, -0.05) is 0 Å². The molecule has 1 fully saturated rings.